The zero-order valence-electron chi connectivity index (χ0n) is 20.8. The molecule has 2 N–H and O–H groups in total. The second kappa shape index (κ2) is 11.4. The number of hydrogen-bond acceptors (Lipinski definition) is 5. The molecule has 2 aromatic rings. The number of carbonyl (C=O) groups excluding carboxylic acids is 2. The molecule has 0 saturated carbocycles. The smallest absolute Gasteiger partial charge is 0.317 e. The Kier molecular flexibility index (Phi) is 8.61. The summed E-state index contributed by atoms with van der Waals surface area (Å²) in [5.74, 6) is -0.161. The molecule has 1 aliphatic heterocycles. The molecule has 35 heavy (non-hydrogen) atoms. The normalized spacial score (nSPS) is 14.1. The second-order valence-electron chi connectivity index (χ2n) is 8.71. The van der Waals surface area contributed by atoms with E-state index in [4.69, 9.17) is 0 Å². The molecular formula is C25H35N5O4S. The second-order valence-corrected chi connectivity index (χ2v) is 10.4. The zero-order valence-corrected chi connectivity index (χ0v) is 21.6. The maximum Gasteiger partial charge on any atom is 0.317 e. The van der Waals surface area contributed by atoms with Crippen molar-refractivity contribution in [2.24, 2.45) is 0 Å². The number of piperazine rings is 1. The van der Waals surface area contributed by atoms with E-state index in [2.05, 4.69) is 14.9 Å². The van der Waals surface area contributed by atoms with Crippen LogP contribution in [0.3, 0.4) is 0 Å². The van der Waals surface area contributed by atoms with Gasteiger partial charge in [0.1, 0.15) is 0 Å². The number of nitrogens with zero attached hydrogens (tertiary/aromatic N) is 3. The van der Waals surface area contributed by atoms with Gasteiger partial charge in [0.15, 0.2) is 0 Å². The van der Waals surface area contributed by atoms with Crippen molar-refractivity contribution in [1.29, 1.82) is 0 Å². The molecule has 10 heteroatoms. The van der Waals surface area contributed by atoms with Crippen LogP contribution in [0.2, 0.25) is 0 Å². The molecule has 1 saturated heterocycles. The summed E-state index contributed by atoms with van der Waals surface area (Å²) in [5, 5.41) is 2.91. The fourth-order valence-electron chi connectivity index (χ4n) is 4.03. The highest BCUT2D eigenvalue weighted by Gasteiger charge is 2.26. The minimum absolute atomic E-state index is 0.0611. The highest BCUT2D eigenvalue weighted by Crippen LogP contribution is 2.28. The van der Waals surface area contributed by atoms with Crippen LogP contribution in [-0.2, 0) is 10.0 Å². The van der Waals surface area contributed by atoms with Crippen LogP contribution in [0.5, 0.6) is 0 Å². The molecule has 0 unspecified atom stereocenters. The summed E-state index contributed by atoms with van der Waals surface area (Å²) < 4.78 is 28.3. The summed E-state index contributed by atoms with van der Waals surface area (Å²) in [6, 6.07) is 13.1. The summed E-state index contributed by atoms with van der Waals surface area (Å²) in [6.45, 7) is 10.9. The minimum Gasteiger partial charge on any atom is -0.367 e. The number of anilines is 2. The molecule has 1 heterocycles. The lowest BCUT2D eigenvalue weighted by Gasteiger charge is -2.37. The Morgan fingerprint density at radius 2 is 1.60 bits per heavy atom. The molecule has 1 aliphatic rings. The van der Waals surface area contributed by atoms with E-state index in [0.717, 1.165) is 5.69 Å². The maximum absolute atomic E-state index is 13.4. The summed E-state index contributed by atoms with van der Waals surface area (Å²) in [4.78, 5) is 31.5. The van der Waals surface area contributed by atoms with E-state index in [9.17, 15) is 18.0 Å². The van der Waals surface area contributed by atoms with E-state index >= 15 is 0 Å². The first kappa shape index (κ1) is 26.3. The van der Waals surface area contributed by atoms with Crippen molar-refractivity contribution in [2.45, 2.75) is 38.6 Å². The van der Waals surface area contributed by atoms with E-state index in [-0.39, 0.29) is 22.9 Å². The van der Waals surface area contributed by atoms with Gasteiger partial charge in [-0.2, -0.15) is 0 Å². The molecule has 3 rings (SSSR count). The van der Waals surface area contributed by atoms with Gasteiger partial charge in [-0.3, -0.25) is 9.52 Å². The van der Waals surface area contributed by atoms with Gasteiger partial charge < -0.3 is 20.0 Å². The highest BCUT2D eigenvalue weighted by atomic mass is 32.2. The van der Waals surface area contributed by atoms with Crippen molar-refractivity contribution in [3.05, 3.63) is 54.1 Å². The lowest BCUT2D eigenvalue weighted by molar-refractivity contribution is 0.0773. The fraction of sp³-hybridized carbons (Fsp3) is 0.440. The van der Waals surface area contributed by atoms with E-state index in [1.54, 1.807) is 46.2 Å². The van der Waals surface area contributed by atoms with Gasteiger partial charge >= 0.3 is 6.03 Å². The zero-order chi connectivity index (χ0) is 25.6. The number of rotatable bonds is 8. The summed E-state index contributed by atoms with van der Waals surface area (Å²) in [7, 11) is -3.79. The first-order valence-electron chi connectivity index (χ1n) is 12.0. The largest absolute Gasteiger partial charge is 0.367 e. The standard InChI is InChI=1S/C25H35N5O4S/c1-5-28(6-2)24(31)22-18-20(27-35(33,34)21-10-8-7-9-11-21)12-13-23(22)29-14-16-30(17-15-29)25(32)26-19(3)4/h7-13,18-19,27H,5-6,14-17H2,1-4H3,(H,26,32). The van der Waals surface area contributed by atoms with Crippen molar-refractivity contribution >= 4 is 33.3 Å². The highest BCUT2D eigenvalue weighted by molar-refractivity contribution is 7.92. The maximum atomic E-state index is 13.4. The Morgan fingerprint density at radius 3 is 2.17 bits per heavy atom. The Balaban J connectivity index is 1.88. The molecule has 3 amide bonds. The number of urea groups is 1. The van der Waals surface area contributed by atoms with Crippen LogP contribution in [0.1, 0.15) is 38.1 Å². The van der Waals surface area contributed by atoms with Crippen LogP contribution in [0.15, 0.2) is 53.4 Å². The van der Waals surface area contributed by atoms with Gasteiger partial charge in [0.25, 0.3) is 15.9 Å². The Labute approximate surface area is 208 Å². The average molecular weight is 502 g/mol. The van der Waals surface area contributed by atoms with Gasteiger partial charge in [-0.1, -0.05) is 18.2 Å². The predicted molar refractivity (Wildman–Crippen MR) is 138 cm³/mol. The SMILES string of the molecule is CCN(CC)C(=O)c1cc(NS(=O)(=O)c2ccccc2)ccc1N1CCN(C(=O)NC(C)C)CC1. The van der Waals surface area contributed by atoms with Gasteiger partial charge in [0.2, 0.25) is 0 Å². The number of amides is 3. The molecule has 2 aromatic carbocycles. The van der Waals surface area contributed by atoms with E-state index in [1.807, 2.05) is 27.7 Å². The molecule has 0 aliphatic carbocycles. The number of carbonyl (C=O) groups is 2. The summed E-state index contributed by atoms with van der Waals surface area (Å²) >= 11 is 0. The Morgan fingerprint density at radius 1 is 0.971 bits per heavy atom. The number of sulfonamides is 1. The third kappa shape index (κ3) is 6.45. The average Bonchev–Trinajstić information content (AvgIpc) is 2.84. The molecule has 190 valence electrons. The van der Waals surface area contributed by atoms with Crippen molar-refractivity contribution in [2.75, 3.05) is 48.9 Å². The van der Waals surface area contributed by atoms with Gasteiger partial charge in [-0.15, -0.1) is 0 Å². The lowest BCUT2D eigenvalue weighted by atomic mass is 10.1. The lowest BCUT2D eigenvalue weighted by Crippen LogP contribution is -2.53. The van der Waals surface area contributed by atoms with Crippen molar-refractivity contribution < 1.29 is 18.0 Å². The van der Waals surface area contributed by atoms with Crippen LogP contribution < -0.4 is 14.9 Å². The molecule has 1 fully saturated rings. The molecule has 0 atom stereocenters. The van der Waals surface area contributed by atoms with E-state index in [1.165, 1.54) is 12.1 Å². The van der Waals surface area contributed by atoms with Crippen LogP contribution in [0, 0.1) is 0 Å². The third-order valence-electron chi connectivity index (χ3n) is 5.90. The molecule has 0 radical (unpaired) electrons. The monoisotopic (exact) mass is 501 g/mol. The van der Waals surface area contributed by atoms with Gasteiger partial charge in [-0.05, 0) is 58.0 Å². The van der Waals surface area contributed by atoms with Crippen molar-refractivity contribution in [3.8, 4) is 0 Å². The molecule has 9 nitrogen and oxygen atoms in total. The molecule has 0 bridgehead atoms. The molecule has 0 spiro atoms. The summed E-state index contributed by atoms with van der Waals surface area (Å²) in [6.07, 6.45) is 0. The first-order valence-corrected chi connectivity index (χ1v) is 13.5. The number of benzene rings is 2. The van der Waals surface area contributed by atoms with E-state index < -0.39 is 10.0 Å². The quantitative estimate of drug-likeness (QED) is 0.578. The van der Waals surface area contributed by atoms with Gasteiger partial charge in [0, 0.05) is 56.7 Å². The topological polar surface area (TPSA) is 102 Å². The molecular weight excluding hydrogens is 466 g/mol. The van der Waals surface area contributed by atoms with Crippen LogP contribution >= 0.6 is 0 Å². The van der Waals surface area contributed by atoms with Gasteiger partial charge in [0.05, 0.1) is 10.5 Å². The Bertz CT molecular complexity index is 1130. The summed E-state index contributed by atoms with van der Waals surface area (Å²) in [5.41, 5.74) is 1.48. The van der Waals surface area contributed by atoms with Gasteiger partial charge in [-0.25, -0.2) is 13.2 Å². The third-order valence-corrected chi connectivity index (χ3v) is 7.30. The van der Waals surface area contributed by atoms with Crippen LogP contribution in [-0.4, -0.2) is 75.5 Å². The number of hydrogen-bond donors (Lipinski definition) is 2. The number of nitrogens with one attached hydrogen (secondary N) is 2. The van der Waals surface area contributed by atoms with Crippen molar-refractivity contribution in [1.82, 2.24) is 15.1 Å². The van der Waals surface area contributed by atoms with E-state index in [0.29, 0.717) is 50.5 Å². The van der Waals surface area contributed by atoms with Crippen LogP contribution in [0.4, 0.5) is 16.2 Å². The predicted octanol–water partition coefficient (Wildman–Crippen LogP) is 3.21. The van der Waals surface area contributed by atoms with Crippen molar-refractivity contribution in [3.63, 3.8) is 0 Å². The first-order chi connectivity index (χ1) is 16.7. The fourth-order valence-corrected chi connectivity index (χ4v) is 5.10. The minimum atomic E-state index is -3.79. The van der Waals surface area contributed by atoms with Crippen LogP contribution in [0.25, 0.3) is 0 Å². The molecule has 0 aromatic heterocycles. The Hall–Kier alpha value is -3.27.